The number of carbonyl (C=O) groups excluding carboxylic acids is 2. The van der Waals surface area contributed by atoms with E-state index in [1.165, 1.54) is 0 Å². The van der Waals surface area contributed by atoms with E-state index in [9.17, 15) is 14.7 Å². The fourth-order valence-electron chi connectivity index (χ4n) is 3.89. The second kappa shape index (κ2) is 11.5. The van der Waals surface area contributed by atoms with Crippen molar-refractivity contribution in [1.29, 1.82) is 0 Å². The second-order valence-electron chi connectivity index (χ2n) is 8.82. The van der Waals surface area contributed by atoms with E-state index in [-0.39, 0.29) is 29.2 Å². The van der Waals surface area contributed by atoms with Gasteiger partial charge in [-0.2, -0.15) is 0 Å². The number of hydrogen-bond donors (Lipinski definition) is 1. The van der Waals surface area contributed by atoms with Gasteiger partial charge in [-0.3, -0.25) is 9.59 Å². The van der Waals surface area contributed by atoms with Gasteiger partial charge in [0.15, 0.2) is 5.78 Å². The molecular formula is C26H33NO4S. The number of allylic oxidation sites excluding steroid dienone is 5. The predicted octanol–water partition coefficient (Wildman–Crippen LogP) is 5.44. The van der Waals surface area contributed by atoms with Crippen LogP contribution in [0.1, 0.15) is 63.8 Å². The van der Waals surface area contributed by atoms with Crippen LogP contribution in [0.5, 0.6) is 0 Å². The normalized spacial score (nSPS) is 21.9. The summed E-state index contributed by atoms with van der Waals surface area (Å²) in [4.78, 5) is 28.2. The Balaban J connectivity index is 1.49. The molecule has 2 aliphatic rings. The van der Waals surface area contributed by atoms with E-state index in [4.69, 9.17) is 4.74 Å². The third-order valence-electron chi connectivity index (χ3n) is 5.84. The zero-order valence-corrected chi connectivity index (χ0v) is 19.7. The van der Waals surface area contributed by atoms with Crippen LogP contribution in [0.2, 0.25) is 0 Å². The zero-order chi connectivity index (χ0) is 23.0. The third kappa shape index (κ3) is 7.10. The van der Waals surface area contributed by atoms with Crippen LogP contribution in [-0.4, -0.2) is 34.1 Å². The predicted molar refractivity (Wildman–Crippen MR) is 128 cm³/mol. The lowest BCUT2D eigenvalue weighted by Gasteiger charge is -2.19. The van der Waals surface area contributed by atoms with Gasteiger partial charge in [0.1, 0.15) is 5.01 Å². The Morgan fingerprint density at radius 3 is 2.84 bits per heavy atom. The highest BCUT2D eigenvalue weighted by Crippen LogP contribution is 2.53. The lowest BCUT2D eigenvalue weighted by atomic mass is 9.88. The summed E-state index contributed by atoms with van der Waals surface area (Å²) in [6, 6.07) is 0. The number of rotatable bonds is 12. The van der Waals surface area contributed by atoms with Crippen molar-refractivity contribution in [3.63, 3.8) is 0 Å². The molecule has 0 amide bonds. The molecule has 0 bridgehead atoms. The van der Waals surface area contributed by atoms with Gasteiger partial charge in [-0.25, -0.2) is 4.98 Å². The Bertz CT molecular complexity index is 891. The molecule has 1 aromatic heterocycles. The summed E-state index contributed by atoms with van der Waals surface area (Å²) in [6.45, 7) is 3.70. The van der Waals surface area contributed by atoms with Gasteiger partial charge in [-0.15, -0.1) is 11.3 Å². The number of nitrogens with zero attached hydrogens (tertiary/aromatic N) is 1. The number of esters is 1. The fourth-order valence-corrected chi connectivity index (χ4v) is 4.45. The minimum atomic E-state index is -0.499. The van der Waals surface area contributed by atoms with Gasteiger partial charge in [0, 0.05) is 34.9 Å². The van der Waals surface area contributed by atoms with Gasteiger partial charge in [0.25, 0.3) is 0 Å². The Morgan fingerprint density at radius 1 is 1.34 bits per heavy atom. The number of unbranched alkanes of at least 4 members (excludes halogenated alkanes) is 1. The highest BCUT2D eigenvalue weighted by molar-refractivity contribution is 7.10. The highest BCUT2D eigenvalue weighted by Gasteiger charge is 2.47. The molecular weight excluding hydrogens is 422 g/mol. The summed E-state index contributed by atoms with van der Waals surface area (Å²) < 4.78 is 5.13. The SMILES string of the molecule is CC(C)OC(=O)CCC/C=C\CC1C=CC(=O)/C1=C/C1(C(O)C/C=C\c2nccs2)CC1. The van der Waals surface area contributed by atoms with Gasteiger partial charge < -0.3 is 9.84 Å². The Kier molecular flexibility index (Phi) is 8.76. The first-order valence-electron chi connectivity index (χ1n) is 11.4. The number of ketones is 1. The van der Waals surface area contributed by atoms with Crippen LogP contribution in [0.3, 0.4) is 0 Å². The molecule has 0 saturated heterocycles. The maximum Gasteiger partial charge on any atom is 0.306 e. The van der Waals surface area contributed by atoms with Crippen molar-refractivity contribution in [2.45, 2.75) is 71.0 Å². The molecule has 1 saturated carbocycles. The summed E-state index contributed by atoms with van der Waals surface area (Å²) in [5, 5.41) is 13.6. The van der Waals surface area contributed by atoms with E-state index in [2.05, 4.69) is 17.1 Å². The number of hydrogen-bond acceptors (Lipinski definition) is 6. The van der Waals surface area contributed by atoms with Crippen molar-refractivity contribution in [2.75, 3.05) is 0 Å². The van der Waals surface area contributed by atoms with E-state index < -0.39 is 6.10 Å². The molecule has 1 fully saturated rings. The molecule has 1 N–H and O–H groups in total. The molecule has 2 unspecified atom stereocenters. The highest BCUT2D eigenvalue weighted by atomic mass is 32.1. The molecule has 0 spiro atoms. The largest absolute Gasteiger partial charge is 0.463 e. The number of aliphatic hydroxyl groups excluding tert-OH is 1. The van der Waals surface area contributed by atoms with Crippen LogP contribution in [0, 0.1) is 11.3 Å². The van der Waals surface area contributed by atoms with Crippen molar-refractivity contribution in [1.82, 2.24) is 4.98 Å². The second-order valence-corrected chi connectivity index (χ2v) is 9.75. The van der Waals surface area contributed by atoms with E-state index in [1.54, 1.807) is 23.6 Å². The van der Waals surface area contributed by atoms with Crippen molar-refractivity contribution in [3.8, 4) is 0 Å². The number of aromatic nitrogens is 1. The average molecular weight is 456 g/mol. The molecule has 3 rings (SSSR count). The summed E-state index contributed by atoms with van der Waals surface area (Å²) in [5.41, 5.74) is 0.513. The quantitative estimate of drug-likeness (QED) is 0.197. The van der Waals surface area contributed by atoms with E-state index in [0.717, 1.165) is 42.7 Å². The van der Waals surface area contributed by atoms with Gasteiger partial charge in [0.05, 0.1) is 12.2 Å². The lowest BCUT2D eigenvalue weighted by molar-refractivity contribution is -0.147. The van der Waals surface area contributed by atoms with E-state index >= 15 is 0 Å². The van der Waals surface area contributed by atoms with Crippen LogP contribution in [0.4, 0.5) is 0 Å². The molecule has 2 atom stereocenters. The van der Waals surface area contributed by atoms with Crippen molar-refractivity contribution < 1.29 is 19.4 Å². The van der Waals surface area contributed by atoms with Gasteiger partial charge in [-0.1, -0.05) is 30.4 Å². The van der Waals surface area contributed by atoms with Crippen LogP contribution < -0.4 is 0 Å². The lowest BCUT2D eigenvalue weighted by Crippen LogP contribution is -2.21. The average Bonchev–Trinajstić information content (AvgIpc) is 3.19. The molecule has 6 heteroatoms. The third-order valence-corrected chi connectivity index (χ3v) is 6.59. The Hall–Kier alpha value is -2.31. The Morgan fingerprint density at radius 2 is 2.16 bits per heavy atom. The number of aliphatic hydroxyl groups is 1. The van der Waals surface area contributed by atoms with Crippen molar-refractivity contribution in [2.24, 2.45) is 11.3 Å². The molecule has 0 radical (unpaired) electrons. The van der Waals surface area contributed by atoms with Crippen LogP contribution in [0.25, 0.3) is 6.08 Å². The molecule has 2 aliphatic carbocycles. The minimum absolute atomic E-state index is 0.0524. The molecule has 5 nitrogen and oxygen atoms in total. The monoisotopic (exact) mass is 455 g/mol. The number of carbonyl (C=O) groups is 2. The van der Waals surface area contributed by atoms with E-state index in [1.807, 2.05) is 43.5 Å². The number of thiazole rings is 1. The minimum Gasteiger partial charge on any atom is -0.463 e. The fraction of sp³-hybridized carbons (Fsp3) is 0.500. The Labute approximate surface area is 194 Å². The maximum absolute atomic E-state index is 12.4. The van der Waals surface area contributed by atoms with Crippen LogP contribution >= 0.6 is 11.3 Å². The van der Waals surface area contributed by atoms with Gasteiger partial charge >= 0.3 is 5.97 Å². The molecule has 1 heterocycles. The summed E-state index contributed by atoms with van der Waals surface area (Å²) in [7, 11) is 0. The standard InChI is InChI=1S/C26H33NO4S/c1-19(2)31-25(30)11-6-4-3-5-8-20-12-13-22(28)21(20)18-26(14-15-26)23(29)9-7-10-24-27-16-17-32-24/h3,5,7,10,12-13,16-20,23,29H,4,6,8-9,11,14-15H2,1-2H3/b5-3-,10-7-,21-18+. The maximum atomic E-state index is 12.4. The molecule has 1 aromatic rings. The molecule has 32 heavy (non-hydrogen) atoms. The molecule has 172 valence electrons. The first-order chi connectivity index (χ1) is 15.4. The zero-order valence-electron chi connectivity index (χ0n) is 18.9. The summed E-state index contributed by atoms with van der Waals surface area (Å²) in [5.74, 6) is -0.0467. The van der Waals surface area contributed by atoms with Crippen molar-refractivity contribution in [3.05, 3.63) is 58.6 Å². The van der Waals surface area contributed by atoms with Crippen LogP contribution in [-0.2, 0) is 14.3 Å². The molecule has 0 aromatic carbocycles. The van der Waals surface area contributed by atoms with Gasteiger partial charge in [-0.05, 0) is 64.5 Å². The summed E-state index contributed by atoms with van der Waals surface area (Å²) in [6.07, 6.45) is 20.0. The van der Waals surface area contributed by atoms with E-state index in [0.29, 0.717) is 12.8 Å². The van der Waals surface area contributed by atoms with Crippen LogP contribution in [0.15, 0.2) is 53.6 Å². The number of ether oxygens (including phenoxy) is 1. The summed E-state index contributed by atoms with van der Waals surface area (Å²) >= 11 is 1.57. The first-order valence-corrected chi connectivity index (χ1v) is 12.3. The molecule has 0 aliphatic heterocycles. The first kappa shape index (κ1) is 24.3. The van der Waals surface area contributed by atoms with Crippen molar-refractivity contribution >= 4 is 29.2 Å². The van der Waals surface area contributed by atoms with Gasteiger partial charge in [0.2, 0.25) is 0 Å². The smallest absolute Gasteiger partial charge is 0.306 e. The topological polar surface area (TPSA) is 76.5 Å².